The van der Waals surface area contributed by atoms with Gasteiger partial charge in [0, 0.05) is 36.1 Å². The molecule has 0 radical (unpaired) electrons. The van der Waals surface area contributed by atoms with E-state index < -0.39 is 0 Å². The fraction of sp³-hybridized carbons (Fsp3) is 0.389. The molecule has 0 saturated carbocycles. The van der Waals surface area contributed by atoms with Crippen molar-refractivity contribution in [2.75, 3.05) is 25.0 Å². The summed E-state index contributed by atoms with van der Waals surface area (Å²) >= 11 is 0. The van der Waals surface area contributed by atoms with Gasteiger partial charge in [-0.15, -0.1) is 0 Å². The summed E-state index contributed by atoms with van der Waals surface area (Å²) in [6, 6.07) is 15.0. The second kappa shape index (κ2) is 6.15. The Morgan fingerprint density at radius 2 is 2.00 bits per heavy atom. The molecule has 0 spiro atoms. The maximum atomic E-state index is 9.25. The van der Waals surface area contributed by atoms with Crippen LogP contribution in [0.2, 0.25) is 0 Å². The van der Waals surface area contributed by atoms with Crippen molar-refractivity contribution in [3.05, 3.63) is 42.0 Å². The number of benzene rings is 2. The van der Waals surface area contributed by atoms with Crippen LogP contribution in [-0.4, -0.2) is 26.2 Å². The number of piperidine rings is 1. The van der Waals surface area contributed by atoms with Crippen LogP contribution < -0.4 is 10.2 Å². The van der Waals surface area contributed by atoms with Crippen LogP contribution in [0.15, 0.2) is 36.4 Å². The van der Waals surface area contributed by atoms with Gasteiger partial charge in [0.15, 0.2) is 0 Å². The molecule has 1 aliphatic heterocycles. The van der Waals surface area contributed by atoms with Gasteiger partial charge in [0.05, 0.1) is 11.6 Å². The molecule has 0 aliphatic carbocycles. The van der Waals surface area contributed by atoms with Crippen molar-refractivity contribution in [3.8, 4) is 6.07 Å². The van der Waals surface area contributed by atoms with Crippen LogP contribution in [0.25, 0.3) is 10.8 Å². The Labute approximate surface area is 126 Å². The van der Waals surface area contributed by atoms with Crippen molar-refractivity contribution < 1.29 is 0 Å². The molecule has 1 heterocycles. The molecule has 1 N–H and O–H groups in total. The van der Waals surface area contributed by atoms with E-state index in [-0.39, 0.29) is 0 Å². The number of rotatable bonds is 3. The normalized spacial score (nSPS) is 18.4. The molecule has 3 heteroatoms. The van der Waals surface area contributed by atoms with Crippen LogP contribution in [0.5, 0.6) is 0 Å². The van der Waals surface area contributed by atoms with Crippen molar-refractivity contribution in [3.63, 3.8) is 0 Å². The molecular weight excluding hydrogens is 258 g/mol. The summed E-state index contributed by atoms with van der Waals surface area (Å²) in [7, 11) is 2.14. The Kier molecular flexibility index (Phi) is 4.08. The van der Waals surface area contributed by atoms with Gasteiger partial charge in [0.25, 0.3) is 0 Å². The topological polar surface area (TPSA) is 39.1 Å². The molecule has 0 amide bonds. The zero-order valence-corrected chi connectivity index (χ0v) is 12.5. The van der Waals surface area contributed by atoms with E-state index in [9.17, 15) is 5.26 Å². The Bertz CT molecular complexity index is 666. The van der Waals surface area contributed by atoms with Gasteiger partial charge in [-0.25, -0.2) is 0 Å². The maximum Gasteiger partial charge on any atom is 0.0998 e. The number of fused-ring (bicyclic) bond motifs is 1. The lowest BCUT2D eigenvalue weighted by atomic mass is 10.0. The number of anilines is 1. The summed E-state index contributed by atoms with van der Waals surface area (Å²) < 4.78 is 0. The van der Waals surface area contributed by atoms with Crippen molar-refractivity contribution in [2.24, 2.45) is 0 Å². The van der Waals surface area contributed by atoms with Crippen LogP contribution >= 0.6 is 0 Å². The molecule has 1 unspecified atom stereocenters. The summed E-state index contributed by atoms with van der Waals surface area (Å²) in [5.74, 6) is 0. The highest BCUT2D eigenvalue weighted by Gasteiger charge is 2.16. The summed E-state index contributed by atoms with van der Waals surface area (Å²) in [5, 5.41) is 15.1. The molecule has 21 heavy (non-hydrogen) atoms. The Hall–Kier alpha value is -2.05. The first-order valence-corrected chi connectivity index (χ1v) is 7.66. The van der Waals surface area contributed by atoms with E-state index in [0.29, 0.717) is 6.04 Å². The summed E-state index contributed by atoms with van der Waals surface area (Å²) in [6.45, 7) is 2.14. The quantitative estimate of drug-likeness (QED) is 0.937. The minimum Gasteiger partial charge on any atom is -0.373 e. The van der Waals surface area contributed by atoms with E-state index >= 15 is 0 Å². The summed E-state index contributed by atoms with van der Waals surface area (Å²) in [6.07, 6.45) is 3.86. The predicted octanol–water partition coefficient (Wildman–Crippen LogP) is 3.29. The second-order valence-electron chi connectivity index (χ2n) is 5.82. The molecule has 2 aromatic carbocycles. The number of likely N-dealkylation sites (N-methyl/N-ethyl adjacent to an activating group) is 1. The molecule has 1 atom stereocenters. The molecule has 0 bridgehead atoms. The number of nitriles is 1. The van der Waals surface area contributed by atoms with Gasteiger partial charge in [-0.3, -0.25) is 0 Å². The van der Waals surface area contributed by atoms with Gasteiger partial charge >= 0.3 is 0 Å². The smallest absolute Gasteiger partial charge is 0.0998 e. The molecule has 108 valence electrons. The van der Waals surface area contributed by atoms with E-state index in [1.165, 1.54) is 24.9 Å². The molecule has 3 nitrogen and oxygen atoms in total. The van der Waals surface area contributed by atoms with Crippen molar-refractivity contribution in [1.29, 1.82) is 5.26 Å². The Morgan fingerprint density at radius 3 is 2.71 bits per heavy atom. The fourth-order valence-electron chi connectivity index (χ4n) is 3.22. The highest BCUT2D eigenvalue weighted by molar-refractivity contribution is 5.97. The fourth-order valence-corrected chi connectivity index (χ4v) is 3.22. The lowest BCUT2D eigenvalue weighted by Crippen LogP contribution is -2.42. The van der Waals surface area contributed by atoms with E-state index in [1.807, 2.05) is 24.3 Å². The molecular formula is C18H21N3. The number of nitrogens with one attached hydrogen (secondary N) is 1. The number of hydrogen-bond acceptors (Lipinski definition) is 3. The summed E-state index contributed by atoms with van der Waals surface area (Å²) in [4.78, 5) is 2.31. The lowest BCUT2D eigenvalue weighted by molar-refractivity contribution is 0.403. The van der Waals surface area contributed by atoms with Crippen molar-refractivity contribution >= 4 is 16.5 Å². The molecule has 3 rings (SSSR count). The van der Waals surface area contributed by atoms with Gasteiger partial charge in [-0.2, -0.15) is 5.26 Å². The number of hydrogen-bond donors (Lipinski definition) is 1. The third kappa shape index (κ3) is 2.86. The third-order valence-electron chi connectivity index (χ3n) is 4.34. The molecule has 0 aromatic heterocycles. The van der Waals surface area contributed by atoms with Gasteiger partial charge in [0.2, 0.25) is 0 Å². The zero-order valence-electron chi connectivity index (χ0n) is 12.5. The van der Waals surface area contributed by atoms with E-state index in [2.05, 4.69) is 35.5 Å². The second-order valence-corrected chi connectivity index (χ2v) is 5.82. The van der Waals surface area contributed by atoms with Gasteiger partial charge in [-0.05, 0) is 31.5 Å². The van der Waals surface area contributed by atoms with Crippen LogP contribution in [0.3, 0.4) is 0 Å². The Balaban J connectivity index is 1.91. The highest BCUT2D eigenvalue weighted by Crippen LogP contribution is 2.29. The van der Waals surface area contributed by atoms with Gasteiger partial charge < -0.3 is 10.2 Å². The monoisotopic (exact) mass is 279 g/mol. The van der Waals surface area contributed by atoms with Crippen LogP contribution in [0, 0.1) is 11.3 Å². The summed E-state index contributed by atoms with van der Waals surface area (Å²) in [5.41, 5.74) is 1.95. The molecule has 2 aromatic rings. The first kappa shape index (κ1) is 13.9. The van der Waals surface area contributed by atoms with Crippen molar-refractivity contribution in [1.82, 2.24) is 5.32 Å². The standard InChI is InChI=1S/C18H21N3/c1-21(13-15-6-4-5-11-20-15)18-10-9-14(12-19)16-7-2-3-8-17(16)18/h2-3,7-10,15,20H,4-6,11,13H2,1H3. The van der Waals surface area contributed by atoms with E-state index in [1.54, 1.807) is 0 Å². The van der Waals surface area contributed by atoms with Crippen LogP contribution in [0.4, 0.5) is 5.69 Å². The third-order valence-corrected chi connectivity index (χ3v) is 4.34. The van der Waals surface area contributed by atoms with Crippen molar-refractivity contribution in [2.45, 2.75) is 25.3 Å². The largest absolute Gasteiger partial charge is 0.373 e. The van der Waals surface area contributed by atoms with E-state index in [4.69, 9.17) is 0 Å². The molecule has 1 saturated heterocycles. The molecule has 1 fully saturated rings. The first-order valence-electron chi connectivity index (χ1n) is 7.66. The molecule has 1 aliphatic rings. The average molecular weight is 279 g/mol. The minimum atomic E-state index is 0.568. The zero-order chi connectivity index (χ0) is 14.7. The maximum absolute atomic E-state index is 9.25. The predicted molar refractivity (Wildman–Crippen MR) is 87.6 cm³/mol. The Morgan fingerprint density at radius 1 is 1.19 bits per heavy atom. The lowest BCUT2D eigenvalue weighted by Gasteiger charge is -2.30. The minimum absolute atomic E-state index is 0.568. The highest BCUT2D eigenvalue weighted by atomic mass is 15.1. The first-order chi connectivity index (χ1) is 10.3. The average Bonchev–Trinajstić information content (AvgIpc) is 2.54. The SMILES string of the molecule is CN(CC1CCCCN1)c1ccc(C#N)c2ccccc12. The number of nitrogens with zero attached hydrogens (tertiary/aromatic N) is 2. The van der Waals surface area contributed by atoms with Crippen LogP contribution in [0.1, 0.15) is 24.8 Å². The van der Waals surface area contributed by atoms with Gasteiger partial charge in [-0.1, -0.05) is 30.7 Å². The van der Waals surface area contributed by atoms with Crippen LogP contribution in [-0.2, 0) is 0 Å². The van der Waals surface area contributed by atoms with E-state index in [0.717, 1.165) is 29.4 Å². The van der Waals surface area contributed by atoms with Gasteiger partial charge in [0.1, 0.15) is 0 Å².